The maximum absolute atomic E-state index is 6.03. The summed E-state index contributed by atoms with van der Waals surface area (Å²) in [6.45, 7) is 6.44. The van der Waals surface area contributed by atoms with E-state index in [-0.39, 0.29) is 5.54 Å². The Labute approximate surface area is 107 Å². The SMILES string of the molecule is CCC(CC)(CN)N(C)CC1(N(C)C)CCC1. The molecule has 0 atom stereocenters. The van der Waals surface area contributed by atoms with Gasteiger partial charge in [0.05, 0.1) is 0 Å². The van der Waals surface area contributed by atoms with Gasteiger partial charge in [-0.05, 0) is 53.2 Å². The van der Waals surface area contributed by atoms with Gasteiger partial charge in [-0.1, -0.05) is 13.8 Å². The van der Waals surface area contributed by atoms with Gasteiger partial charge in [-0.3, -0.25) is 4.90 Å². The van der Waals surface area contributed by atoms with E-state index in [1.54, 1.807) is 0 Å². The average molecular weight is 241 g/mol. The van der Waals surface area contributed by atoms with Crippen molar-refractivity contribution in [3.8, 4) is 0 Å². The molecule has 1 aliphatic carbocycles. The van der Waals surface area contributed by atoms with Crippen molar-refractivity contribution in [1.29, 1.82) is 0 Å². The van der Waals surface area contributed by atoms with E-state index in [4.69, 9.17) is 5.73 Å². The maximum atomic E-state index is 6.03. The summed E-state index contributed by atoms with van der Waals surface area (Å²) in [6, 6.07) is 0. The fourth-order valence-corrected chi connectivity index (χ4v) is 3.18. The van der Waals surface area contributed by atoms with E-state index in [1.165, 1.54) is 19.3 Å². The van der Waals surface area contributed by atoms with Crippen LogP contribution >= 0.6 is 0 Å². The molecule has 0 unspecified atom stereocenters. The fraction of sp³-hybridized carbons (Fsp3) is 1.00. The van der Waals surface area contributed by atoms with E-state index < -0.39 is 0 Å². The lowest BCUT2D eigenvalue weighted by atomic mass is 9.74. The predicted molar refractivity (Wildman–Crippen MR) is 75.3 cm³/mol. The van der Waals surface area contributed by atoms with E-state index in [2.05, 4.69) is 44.8 Å². The Bertz CT molecular complexity index is 221. The number of hydrogen-bond acceptors (Lipinski definition) is 3. The first-order chi connectivity index (χ1) is 7.96. The van der Waals surface area contributed by atoms with E-state index in [0.29, 0.717) is 5.54 Å². The fourth-order valence-electron chi connectivity index (χ4n) is 3.18. The highest BCUT2D eigenvalue weighted by Crippen LogP contribution is 2.38. The molecule has 0 heterocycles. The summed E-state index contributed by atoms with van der Waals surface area (Å²) in [4.78, 5) is 4.94. The molecule has 0 saturated heterocycles. The zero-order valence-electron chi connectivity index (χ0n) is 12.4. The summed E-state index contributed by atoms with van der Waals surface area (Å²) in [7, 11) is 6.69. The Kier molecular flexibility index (Phi) is 4.99. The maximum Gasteiger partial charge on any atom is 0.0330 e. The summed E-state index contributed by atoms with van der Waals surface area (Å²) < 4.78 is 0. The van der Waals surface area contributed by atoms with Crippen molar-refractivity contribution >= 4 is 0 Å². The molecule has 0 bridgehead atoms. The monoisotopic (exact) mass is 241 g/mol. The Morgan fingerprint density at radius 1 is 1.12 bits per heavy atom. The molecule has 0 aromatic rings. The highest BCUT2D eigenvalue weighted by atomic mass is 15.3. The third kappa shape index (κ3) is 2.67. The van der Waals surface area contributed by atoms with Crippen LogP contribution in [0.2, 0.25) is 0 Å². The smallest absolute Gasteiger partial charge is 0.0330 e. The second-order valence-electron chi connectivity index (χ2n) is 5.96. The molecule has 17 heavy (non-hydrogen) atoms. The number of hydrogen-bond donors (Lipinski definition) is 1. The molecule has 3 nitrogen and oxygen atoms in total. The Morgan fingerprint density at radius 3 is 1.88 bits per heavy atom. The molecule has 0 amide bonds. The molecule has 1 saturated carbocycles. The minimum Gasteiger partial charge on any atom is -0.329 e. The minimum absolute atomic E-state index is 0.193. The predicted octanol–water partition coefficient (Wildman–Crippen LogP) is 1.92. The van der Waals surface area contributed by atoms with Crippen LogP contribution in [0.1, 0.15) is 46.0 Å². The van der Waals surface area contributed by atoms with Crippen molar-refractivity contribution in [2.24, 2.45) is 5.73 Å². The molecule has 0 aromatic heterocycles. The summed E-state index contributed by atoms with van der Waals surface area (Å²) in [5, 5.41) is 0. The molecule has 1 fully saturated rings. The van der Waals surface area contributed by atoms with Crippen LogP contribution in [-0.4, -0.2) is 55.1 Å². The third-order valence-corrected chi connectivity index (χ3v) is 5.27. The van der Waals surface area contributed by atoms with E-state index in [1.807, 2.05) is 0 Å². The topological polar surface area (TPSA) is 32.5 Å². The molecule has 1 rings (SSSR count). The van der Waals surface area contributed by atoms with Crippen molar-refractivity contribution in [1.82, 2.24) is 9.80 Å². The molecular formula is C14H31N3. The van der Waals surface area contributed by atoms with Gasteiger partial charge in [0, 0.05) is 24.2 Å². The number of likely N-dealkylation sites (N-methyl/N-ethyl adjacent to an activating group) is 2. The largest absolute Gasteiger partial charge is 0.329 e. The zero-order chi connectivity index (χ0) is 13.1. The van der Waals surface area contributed by atoms with Crippen LogP contribution in [-0.2, 0) is 0 Å². The number of nitrogens with two attached hydrogens (primary N) is 1. The van der Waals surface area contributed by atoms with Gasteiger partial charge in [0.25, 0.3) is 0 Å². The van der Waals surface area contributed by atoms with Crippen LogP contribution in [0.3, 0.4) is 0 Å². The Balaban J connectivity index is 2.72. The highest BCUT2D eigenvalue weighted by Gasteiger charge is 2.43. The molecule has 0 spiro atoms. The summed E-state index contributed by atoms with van der Waals surface area (Å²) >= 11 is 0. The van der Waals surface area contributed by atoms with Gasteiger partial charge in [0.15, 0.2) is 0 Å². The summed E-state index contributed by atoms with van der Waals surface area (Å²) in [5.74, 6) is 0. The minimum atomic E-state index is 0.193. The van der Waals surface area contributed by atoms with Gasteiger partial charge < -0.3 is 10.6 Å². The van der Waals surface area contributed by atoms with Crippen LogP contribution < -0.4 is 5.73 Å². The summed E-state index contributed by atoms with van der Waals surface area (Å²) in [6.07, 6.45) is 6.32. The standard InChI is InChI=1S/C14H31N3/c1-6-13(7-2,11-15)17(5)12-14(16(3)4)9-8-10-14/h6-12,15H2,1-5H3. The van der Waals surface area contributed by atoms with E-state index in [0.717, 1.165) is 25.9 Å². The summed E-state index contributed by atoms with van der Waals surface area (Å²) in [5.41, 5.74) is 6.62. The van der Waals surface area contributed by atoms with Crippen molar-refractivity contribution in [3.63, 3.8) is 0 Å². The first-order valence-corrected chi connectivity index (χ1v) is 7.05. The lowest BCUT2D eigenvalue weighted by Gasteiger charge is -2.53. The Hall–Kier alpha value is -0.120. The molecule has 102 valence electrons. The molecule has 0 aromatic carbocycles. The van der Waals surface area contributed by atoms with Crippen molar-refractivity contribution in [2.45, 2.75) is 57.0 Å². The first kappa shape index (κ1) is 14.9. The Morgan fingerprint density at radius 2 is 1.65 bits per heavy atom. The lowest BCUT2D eigenvalue weighted by Crippen LogP contribution is -2.62. The number of rotatable bonds is 7. The number of nitrogens with zero attached hydrogens (tertiary/aromatic N) is 2. The van der Waals surface area contributed by atoms with Crippen LogP contribution in [0, 0.1) is 0 Å². The van der Waals surface area contributed by atoms with Gasteiger partial charge in [-0.2, -0.15) is 0 Å². The normalized spacial score (nSPS) is 19.8. The second kappa shape index (κ2) is 5.68. The van der Waals surface area contributed by atoms with Crippen LogP contribution in [0.5, 0.6) is 0 Å². The van der Waals surface area contributed by atoms with Gasteiger partial charge in [-0.25, -0.2) is 0 Å². The third-order valence-electron chi connectivity index (χ3n) is 5.27. The van der Waals surface area contributed by atoms with Crippen molar-refractivity contribution in [2.75, 3.05) is 34.2 Å². The molecule has 0 radical (unpaired) electrons. The van der Waals surface area contributed by atoms with E-state index in [9.17, 15) is 0 Å². The van der Waals surface area contributed by atoms with Crippen LogP contribution in [0.15, 0.2) is 0 Å². The highest BCUT2D eigenvalue weighted by molar-refractivity contribution is 5.01. The molecule has 1 aliphatic rings. The van der Waals surface area contributed by atoms with Gasteiger partial charge >= 0.3 is 0 Å². The average Bonchev–Trinajstić information content (AvgIpc) is 2.26. The molecule has 2 N–H and O–H groups in total. The molecular weight excluding hydrogens is 210 g/mol. The van der Waals surface area contributed by atoms with Gasteiger partial charge in [-0.15, -0.1) is 0 Å². The molecule has 3 heteroatoms. The van der Waals surface area contributed by atoms with Gasteiger partial charge in [0.2, 0.25) is 0 Å². The lowest BCUT2D eigenvalue weighted by molar-refractivity contribution is -0.0102. The van der Waals surface area contributed by atoms with Crippen molar-refractivity contribution < 1.29 is 0 Å². The first-order valence-electron chi connectivity index (χ1n) is 7.05. The van der Waals surface area contributed by atoms with Crippen LogP contribution in [0.25, 0.3) is 0 Å². The molecule has 0 aliphatic heterocycles. The van der Waals surface area contributed by atoms with E-state index >= 15 is 0 Å². The van der Waals surface area contributed by atoms with Crippen molar-refractivity contribution in [3.05, 3.63) is 0 Å². The second-order valence-corrected chi connectivity index (χ2v) is 5.96. The zero-order valence-corrected chi connectivity index (χ0v) is 12.4. The van der Waals surface area contributed by atoms with Crippen LogP contribution in [0.4, 0.5) is 0 Å². The van der Waals surface area contributed by atoms with Gasteiger partial charge in [0.1, 0.15) is 0 Å². The quantitative estimate of drug-likeness (QED) is 0.739.